The van der Waals surface area contributed by atoms with E-state index < -0.39 is 34.4 Å². The predicted molar refractivity (Wildman–Crippen MR) is 107 cm³/mol. The number of anilines is 1. The lowest BCUT2D eigenvalue weighted by molar-refractivity contribution is 0.0401. The number of carbonyl (C=O) groups excluding carboxylic acids is 1. The molecular formula is C20H22F3N3O3S. The molecule has 1 amide bonds. The number of nitrogens with one attached hydrogen (secondary N) is 1. The average molecular weight is 441 g/mol. The molecule has 0 spiro atoms. The highest BCUT2D eigenvalue weighted by molar-refractivity contribution is 7.73. The van der Waals surface area contributed by atoms with Crippen molar-refractivity contribution < 1.29 is 26.4 Å². The number of nitrogens with zero attached hydrogens (tertiary/aromatic N) is 2. The first kappa shape index (κ1) is 22.1. The van der Waals surface area contributed by atoms with Crippen LogP contribution >= 0.6 is 0 Å². The minimum absolute atomic E-state index is 0.0701. The summed E-state index contributed by atoms with van der Waals surface area (Å²) in [5, 5.41) is 0. The van der Waals surface area contributed by atoms with Gasteiger partial charge in [0.25, 0.3) is 5.91 Å². The molecule has 162 valence electrons. The van der Waals surface area contributed by atoms with Gasteiger partial charge in [-0.15, -0.1) is 0 Å². The van der Waals surface area contributed by atoms with Gasteiger partial charge in [-0.3, -0.25) is 14.4 Å². The van der Waals surface area contributed by atoms with Crippen molar-refractivity contribution in [1.82, 2.24) is 9.80 Å². The highest BCUT2D eigenvalue weighted by Crippen LogP contribution is 2.28. The summed E-state index contributed by atoms with van der Waals surface area (Å²) in [7, 11) is -2.78. The molecule has 1 saturated heterocycles. The monoisotopic (exact) mass is 441 g/mol. The van der Waals surface area contributed by atoms with Crippen LogP contribution in [0.5, 0.6) is 0 Å². The Balaban J connectivity index is 1.69. The lowest BCUT2D eigenvalue weighted by Gasteiger charge is -2.42. The van der Waals surface area contributed by atoms with E-state index in [0.29, 0.717) is 30.9 Å². The van der Waals surface area contributed by atoms with Crippen molar-refractivity contribution in [2.75, 3.05) is 24.4 Å². The number of rotatable bonds is 5. The van der Waals surface area contributed by atoms with Crippen molar-refractivity contribution in [2.24, 2.45) is 0 Å². The van der Waals surface area contributed by atoms with Crippen molar-refractivity contribution >= 4 is 22.5 Å². The van der Waals surface area contributed by atoms with Crippen LogP contribution in [0.2, 0.25) is 0 Å². The highest BCUT2D eigenvalue weighted by atomic mass is 32.2. The summed E-state index contributed by atoms with van der Waals surface area (Å²) < 4.78 is 64.6. The van der Waals surface area contributed by atoms with E-state index in [1.165, 1.54) is 18.2 Å². The minimum atomic E-state index is -2.78. The van der Waals surface area contributed by atoms with Crippen LogP contribution in [0.1, 0.15) is 35.8 Å². The number of piperazine rings is 1. The quantitative estimate of drug-likeness (QED) is 0.553. The maximum atomic E-state index is 14.2. The Bertz CT molecular complexity index is 1010. The molecule has 0 saturated carbocycles. The zero-order valence-electron chi connectivity index (χ0n) is 16.4. The third kappa shape index (κ3) is 4.59. The zero-order chi connectivity index (χ0) is 22.0. The molecule has 2 aromatic rings. The molecule has 1 N–H and O–H groups in total. The molecule has 1 unspecified atom stereocenters. The fourth-order valence-electron chi connectivity index (χ4n) is 3.66. The van der Waals surface area contributed by atoms with Gasteiger partial charge < -0.3 is 4.90 Å². The first-order valence-electron chi connectivity index (χ1n) is 9.38. The van der Waals surface area contributed by atoms with Crippen molar-refractivity contribution in [3.05, 3.63) is 65.0 Å². The predicted octanol–water partition coefficient (Wildman–Crippen LogP) is 2.95. The Hall–Kier alpha value is -2.59. The van der Waals surface area contributed by atoms with Crippen molar-refractivity contribution in [3.63, 3.8) is 0 Å². The van der Waals surface area contributed by atoms with Crippen LogP contribution in [0.15, 0.2) is 36.4 Å². The SMILES string of the molecule is CC(c1ccc(F)c(F)c1F)N1CCN(C(=O)c2ccc(N[SH](=O)=O)cc2)[C@H](C)C1. The van der Waals surface area contributed by atoms with Crippen LogP contribution in [-0.2, 0) is 10.9 Å². The van der Waals surface area contributed by atoms with Gasteiger partial charge in [0.15, 0.2) is 17.5 Å². The maximum Gasteiger partial charge on any atom is 0.254 e. The molecule has 6 nitrogen and oxygen atoms in total. The number of hydrogen-bond donors (Lipinski definition) is 2. The van der Waals surface area contributed by atoms with Gasteiger partial charge in [0.1, 0.15) is 0 Å². The number of benzene rings is 2. The molecule has 0 aliphatic carbocycles. The molecule has 10 heteroatoms. The van der Waals surface area contributed by atoms with E-state index in [9.17, 15) is 26.4 Å². The van der Waals surface area contributed by atoms with E-state index in [2.05, 4.69) is 4.72 Å². The van der Waals surface area contributed by atoms with Gasteiger partial charge in [-0.05, 0) is 44.2 Å². The summed E-state index contributed by atoms with van der Waals surface area (Å²) >= 11 is 0. The standard InChI is InChI=1S/C20H22F3N3O3S/c1-12-11-25(13(2)16-7-8-17(21)19(23)18(16)22)9-10-26(12)20(27)14-3-5-15(6-4-14)24-30(28)29/h3-8,12-13,30H,9-11H2,1-2H3,(H,24,28,29)/t12-,13?/m1/s1. The largest absolute Gasteiger partial charge is 0.333 e. The van der Waals surface area contributed by atoms with Crippen LogP contribution < -0.4 is 4.72 Å². The maximum absolute atomic E-state index is 14.2. The van der Waals surface area contributed by atoms with Crippen LogP contribution in [0.25, 0.3) is 0 Å². The zero-order valence-corrected chi connectivity index (χ0v) is 17.3. The second-order valence-corrected chi connectivity index (χ2v) is 7.97. The van der Waals surface area contributed by atoms with Gasteiger partial charge in [-0.1, -0.05) is 6.07 Å². The average Bonchev–Trinajstić information content (AvgIpc) is 2.71. The summed E-state index contributed by atoms with van der Waals surface area (Å²) in [6, 6.07) is 7.57. The Morgan fingerprint density at radius 2 is 1.73 bits per heavy atom. The molecular weight excluding hydrogens is 419 g/mol. The van der Waals surface area contributed by atoms with Gasteiger partial charge in [0.2, 0.25) is 10.9 Å². The van der Waals surface area contributed by atoms with Crippen molar-refractivity contribution in [2.45, 2.75) is 25.9 Å². The van der Waals surface area contributed by atoms with Gasteiger partial charge in [0.05, 0.1) is 0 Å². The Morgan fingerprint density at radius 1 is 1.07 bits per heavy atom. The van der Waals surface area contributed by atoms with E-state index in [1.54, 1.807) is 24.0 Å². The second-order valence-electron chi connectivity index (χ2n) is 7.23. The summed E-state index contributed by atoms with van der Waals surface area (Å²) in [6.07, 6.45) is 0. The molecule has 2 atom stereocenters. The van der Waals surface area contributed by atoms with Crippen LogP contribution in [0.4, 0.5) is 18.9 Å². The molecule has 1 aliphatic rings. The molecule has 0 aromatic heterocycles. The molecule has 1 heterocycles. The molecule has 1 aliphatic heterocycles. The first-order chi connectivity index (χ1) is 14.2. The van der Waals surface area contributed by atoms with Gasteiger partial charge in [0, 0.05) is 48.5 Å². The third-order valence-corrected chi connectivity index (χ3v) is 5.78. The fraction of sp³-hybridized carbons (Fsp3) is 0.350. The third-order valence-electron chi connectivity index (χ3n) is 5.33. The van der Waals surface area contributed by atoms with E-state index in [-0.39, 0.29) is 17.5 Å². The molecule has 2 aromatic carbocycles. The van der Waals surface area contributed by atoms with E-state index >= 15 is 0 Å². The summed E-state index contributed by atoms with van der Waals surface area (Å²) in [5.74, 6) is -4.11. The second kappa shape index (κ2) is 9.05. The smallest absolute Gasteiger partial charge is 0.254 e. The topological polar surface area (TPSA) is 69.7 Å². The lowest BCUT2D eigenvalue weighted by Crippen LogP contribution is -2.54. The van der Waals surface area contributed by atoms with Gasteiger partial charge in [-0.25, -0.2) is 21.6 Å². The Labute approximate surface area is 174 Å². The lowest BCUT2D eigenvalue weighted by atomic mass is 10.0. The Kier molecular flexibility index (Phi) is 6.67. The first-order valence-corrected chi connectivity index (χ1v) is 10.6. The van der Waals surface area contributed by atoms with Crippen LogP contribution in [-0.4, -0.2) is 49.8 Å². The number of carbonyl (C=O) groups is 1. The Morgan fingerprint density at radius 3 is 2.33 bits per heavy atom. The minimum Gasteiger partial charge on any atom is -0.333 e. The molecule has 0 bridgehead atoms. The van der Waals surface area contributed by atoms with E-state index in [1.807, 2.05) is 11.8 Å². The van der Waals surface area contributed by atoms with Gasteiger partial charge in [-0.2, -0.15) is 0 Å². The van der Waals surface area contributed by atoms with Crippen LogP contribution in [0, 0.1) is 17.5 Å². The van der Waals surface area contributed by atoms with Crippen molar-refractivity contribution in [3.8, 4) is 0 Å². The van der Waals surface area contributed by atoms with Crippen LogP contribution in [0.3, 0.4) is 0 Å². The van der Waals surface area contributed by atoms with Crippen molar-refractivity contribution in [1.29, 1.82) is 0 Å². The fourth-order valence-corrected chi connectivity index (χ4v) is 4.02. The van der Waals surface area contributed by atoms with E-state index in [4.69, 9.17) is 0 Å². The molecule has 1 fully saturated rings. The summed E-state index contributed by atoms with van der Waals surface area (Å²) in [4.78, 5) is 16.4. The van der Waals surface area contributed by atoms with E-state index in [0.717, 1.165) is 6.07 Å². The normalized spacial score (nSPS) is 18.5. The number of hydrogen-bond acceptors (Lipinski definition) is 4. The number of halogens is 3. The number of amides is 1. The summed E-state index contributed by atoms with van der Waals surface area (Å²) in [6.45, 7) is 4.82. The molecule has 3 rings (SSSR count). The molecule has 0 radical (unpaired) electrons. The highest BCUT2D eigenvalue weighted by Gasteiger charge is 2.32. The van der Waals surface area contributed by atoms with Gasteiger partial charge >= 0.3 is 0 Å². The summed E-state index contributed by atoms with van der Waals surface area (Å²) in [5.41, 5.74) is 0.852. The number of thiol groups is 1. The molecule has 30 heavy (non-hydrogen) atoms.